The van der Waals surface area contributed by atoms with Crippen LogP contribution in [0.25, 0.3) is 0 Å². The van der Waals surface area contributed by atoms with E-state index < -0.39 is 10.0 Å². The summed E-state index contributed by atoms with van der Waals surface area (Å²) in [5, 5.41) is 9.79. The van der Waals surface area contributed by atoms with E-state index >= 15 is 0 Å². The number of hydrogen-bond acceptors (Lipinski definition) is 4. The second-order valence-electron chi connectivity index (χ2n) is 6.05. The zero-order valence-corrected chi connectivity index (χ0v) is 13.1. The molecular formula is C14H24N4O2S. The first-order valence-corrected chi connectivity index (χ1v) is 9.35. The second kappa shape index (κ2) is 6.46. The van der Waals surface area contributed by atoms with E-state index in [0.717, 1.165) is 51.6 Å². The molecule has 7 heteroatoms. The Balaban J connectivity index is 1.88. The van der Waals surface area contributed by atoms with Gasteiger partial charge in [-0.2, -0.15) is 9.40 Å². The highest BCUT2D eigenvalue weighted by atomic mass is 32.2. The van der Waals surface area contributed by atoms with Crippen molar-refractivity contribution < 1.29 is 8.42 Å². The van der Waals surface area contributed by atoms with E-state index in [9.17, 15) is 8.42 Å². The van der Waals surface area contributed by atoms with Crippen molar-refractivity contribution in [2.24, 2.45) is 5.92 Å². The topological polar surface area (TPSA) is 78.1 Å². The van der Waals surface area contributed by atoms with Crippen molar-refractivity contribution in [3.63, 3.8) is 0 Å². The van der Waals surface area contributed by atoms with Gasteiger partial charge in [0.05, 0.1) is 6.20 Å². The summed E-state index contributed by atoms with van der Waals surface area (Å²) in [5.74, 6) is 0.478. The lowest BCUT2D eigenvalue weighted by Crippen LogP contribution is -2.47. The van der Waals surface area contributed by atoms with Crippen LogP contribution in [-0.4, -0.2) is 48.6 Å². The van der Waals surface area contributed by atoms with Crippen LogP contribution in [0, 0.1) is 5.92 Å². The Morgan fingerprint density at radius 3 is 2.67 bits per heavy atom. The number of aromatic amines is 1. The molecule has 118 valence electrons. The van der Waals surface area contributed by atoms with Crippen molar-refractivity contribution in [2.75, 3.05) is 19.6 Å². The molecule has 3 rings (SSSR count). The highest BCUT2D eigenvalue weighted by Gasteiger charge is 2.37. The Hall–Kier alpha value is -0.920. The Bertz CT molecular complexity index is 537. The summed E-state index contributed by atoms with van der Waals surface area (Å²) in [6.07, 6.45) is 9.24. The van der Waals surface area contributed by atoms with Gasteiger partial charge >= 0.3 is 0 Å². The third-order valence-corrected chi connectivity index (χ3v) is 6.65. The van der Waals surface area contributed by atoms with Crippen LogP contribution in [-0.2, 0) is 10.0 Å². The molecule has 2 aliphatic heterocycles. The van der Waals surface area contributed by atoms with Crippen molar-refractivity contribution in [2.45, 2.75) is 49.5 Å². The maximum Gasteiger partial charge on any atom is 0.246 e. The molecule has 0 saturated carbocycles. The lowest BCUT2D eigenvalue weighted by Gasteiger charge is -2.37. The molecule has 2 N–H and O–H groups in total. The van der Waals surface area contributed by atoms with E-state index in [-0.39, 0.29) is 6.04 Å². The smallest absolute Gasteiger partial charge is 0.246 e. The first-order valence-electron chi connectivity index (χ1n) is 7.91. The summed E-state index contributed by atoms with van der Waals surface area (Å²) in [7, 11) is -3.42. The largest absolute Gasteiger partial charge is 0.317 e. The maximum absolute atomic E-state index is 12.9. The van der Waals surface area contributed by atoms with E-state index in [1.54, 1.807) is 4.31 Å². The Labute approximate surface area is 126 Å². The highest BCUT2D eigenvalue weighted by molar-refractivity contribution is 7.89. The fraction of sp³-hybridized carbons (Fsp3) is 0.786. The summed E-state index contributed by atoms with van der Waals surface area (Å²) in [6, 6.07) is 0.148. The molecule has 6 nitrogen and oxygen atoms in total. The predicted molar refractivity (Wildman–Crippen MR) is 80.3 cm³/mol. The van der Waals surface area contributed by atoms with Crippen LogP contribution >= 0.6 is 0 Å². The van der Waals surface area contributed by atoms with Gasteiger partial charge in [0.15, 0.2) is 0 Å². The molecule has 2 saturated heterocycles. The molecule has 0 aliphatic carbocycles. The molecule has 0 spiro atoms. The van der Waals surface area contributed by atoms with Crippen LogP contribution in [0.5, 0.6) is 0 Å². The van der Waals surface area contributed by atoms with E-state index in [1.165, 1.54) is 12.4 Å². The summed E-state index contributed by atoms with van der Waals surface area (Å²) < 4.78 is 27.6. The molecule has 21 heavy (non-hydrogen) atoms. The predicted octanol–water partition coefficient (Wildman–Crippen LogP) is 1.34. The molecule has 1 unspecified atom stereocenters. The summed E-state index contributed by atoms with van der Waals surface area (Å²) in [4.78, 5) is 0.295. The molecular weight excluding hydrogens is 288 g/mol. The number of nitrogens with one attached hydrogen (secondary N) is 2. The normalized spacial score (nSPS) is 26.6. The van der Waals surface area contributed by atoms with Gasteiger partial charge in [-0.1, -0.05) is 12.8 Å². The van der Waals surface area contributed by atoms with Crippen LogP contribution < -0.4 is 5.32 Å². The summed E-state index contributed by atoms with van der Waals surface area (Å²) >= 11 is 0. The minimum Gasteiger partial charge on any atom is -0.317 e. The summed E-state index contributed by atoms with van der Waals surface area (Å²) in [6.45, 7) is 2.64. The standard InChI is InChI=1S/C14H24N4O2S/c19-21(20,13-10-16-17-11-13)18-9-3-1-2-4-14(18)12-5-7-15-8-6-12/h10-12,14-15H,1-9H2,(H,16,17). The Kier molecular flexibility index (Phi) is 4.61. The van der Waals surface area contributed by atoms with Crippen LogP contribution in [0.3, 0.4) is 0 Å². The molecule has 0 radical (unpaired) electrons. The average Bonchev–Trinajstić information content (AvgIpc) is 2.93. The third kappa shape index (κ3) is 3.14. The summed E-state index contributed by atoms with van der Waals surface area (Å²) in [5.41, 5.74) is 0. The van der Waals surface area contributed by atoms with Gasteiger partial charge in [0.2, 0.25) is 10.0 Å². The Morgan fingerprint density at radius 1 is 1.14 bits per heavy atom. The first-order chi connectivity index (χ1) is 10.2. The molecule has 1 aromatic rings. The van der Waals surface area contributed by atoms with Crippen LogP contribution in [0.4, 0.5) is 0 Å². The molecule has 0 aromatic carbocycles. The minimum absolute atomic E-state index is 0.148. The quantitative estimate of drug-likeness (QED) is 0.883. The van der Waals surface area contributed by atoms with Crippen LogP contribution in [0.1, 0.15) is 38.5 Å². The molecule has 0 bridgehead atoms. The van der Waals surface area contributed by atoms with Gasteiger partial charge in [-0.05, 0) is 44.7 Å². The van der Waals surface area contributed by atoms with Gasteiger partial charge in [-0.25, -0.2) is 8.42 Å². The molecule has 1 aromatic heterocycles. The second-order valence-corrected chi connectivity index (χ2v) is 7.94. The molecule has 2 fully saturated rings. The van der Waals surface area contributed by atoms with Crippen LogP contribution in [0.2, 0.25) is 0 Å². The first kappa shape index (κ1) is 15.0. The zero-order valence-electron chi connectivity index (χ0n) is 12.3. The highest BCUT2D eigenvalue weighted by Crippen LogP contribution is 2.32. The maximum atomic E-state index is 12.9. The lowest BCUT2D eigenvalue weighted by atomic mass is 9.88. The van der Waals surface area contributed by atoms with Gasteiger partial charge < -0.3 is 5.32 Å². The van der Waals surface area contributed by atoms with Gasteiger partial charge in [0.25, 0.3) is 0 Å². The number of H-pyrrole nitrogens is 1. The molecule has 0 amide bonds. The van der Waals surface area contributed by atoms with Gasteiger partial charge in [-0.3, -0.25) is 5.10 Å². The van der Waals surface area contributed by atoms with Crippen molar-refractivity contribution >= 4 is 10.0 Å². The van der Waals surface area contributed by atoms with Crippen molar-refractivity contribution in [3.8, 4) is 0 Å². The van der Waals surface area contributed by atoms with Gasteiger partial charge in [0, 0.05) is 18.8 Å². The minimum atomic E-state index is -3.42. The third-order valence-electron chi connectivity index (χ3n) is 4.76. The SMILES string of the molecule is O=S(=O)(c1cn[nH]c1)N1CCCCCC1C1CCNCC1. The fourth-order valence-corrected chi connectivity index (χ4v) is 5.28. The van der Waals surface area contributed by atoms with Gasteiger partial charge in [0.1, 0.15) is 4.90 Å². The monoisotopic (exact) mass is 312 g/mol. The number of piperidine rings is 1. The van der Waals surface area contributed by atoms with E-state index in [2.05, 4.69) is 15.5 Å². The van der Waals surface area contributed by atoms with Crippen molar-refractivity contribution in [1.29, 1.82) is 0 Å². The van der Waals surface area contributed by atoms with Gasteiger partial charge in [-0.15, -0.1) is 0 Å². The number of hydrogen-bond donors (Lipinski definition) is 2. The molecule has 2 aliphatic rings. The van der Waals surface area contributed by atoms with E-state index in [0.29, 0.717) is 17.4 Å². The molecule has 1 atom stereocenters. The van der Waals surface area contributed by atoms with Crippen LogP contribution in [0.15, 0.2) is 17.3 Å². The number of aromatic nitrogens is 2. The number of sulfonamides is 1. The Morgan fingerprint density at radius 2 is 1.95 bits per heavy atom. The molecule has 3 heterocycles. The number of nitrogens with zero attached hydrogens (tertiary/aromatic N) is 2. The van der Waals surface area contributed by atoms with Crippen molar-refractivity contribution in [1.82, 2.24) is 19.8 Å². The average molecular weight is 312 g/mol. The lowest BCUT2D eigenvalue weighted by molar-refractivity contribution is 0.198. The zero-order chi connectivity index (χ0) is 14.7. The fourth-order valence-electron chi connectivity index (χ4n) is 3.62. The van der Waals surface area contributed by atoms with E-state index in [1.807, 2.05) is 0 Å². The van der Waals surface area contributed by atoms with Crippen molar-refractivity contribution in [3.05, 3.63) is 12.4 Å². The van der Waals surface area contributed by atoms with E-state index in [4.69, 9.17) is 0 Å². The number of rotatable bonds is 3.